The molecule has 0 aliphatic rings. The Morgan fingerprint density at radius 2 is 1.77 bits per heavy atom. The fourth-order valence-corrected chi connectivity index (χ4v) is 1.38. The third-order valence-corrected chi connectivity index (χ3v) is 2.14. The Morgan fingerprint density at radius 1 is 1.15 bits per heavy atom. The van der Waals surface area contributed by atoms with E-state index in [2.05, 4.69) is 6.92 Å². The summed E-state index contributed by atoms with van der Waals surface area (Å²) in [6.45, 7) is 4.17. The van der Waals surface area contributed by atoms with Gasteiger partial charge in [0, 0.05) is 0 Å². The summed E-state index contributed by atoms with van der Waals surface area (Å²) in [6.07, 6.45) is 6.05. The third kappa shape index (κ3) is 8.79. The fourth-order valence-electron chi connectivity index (χ4n) is 1.38. The molecule has 0 aromatic carbocycles. The molecular formula is C10H21NaO2. The zero-order chi connectivity index (χ0) is 9.40. The van der Waals surface area contributed by atoms with Crippen molar-refractivity contribution in [2.75, 3.05) is 0 Å². The Labute approximate surface area is 103 Å². The molecular weight excluding hydrogens is 175 g/mol. The molecule has 0 aliphatic carbocycles. The van der Waals surface area contributed by atoms with Gasteiger partial charge in [-0.1, -0.05) is 39.5 Å². The first-order chi connectivity index (χ1) is 5.72. The molecule has 0 spiro atoms. The summed E-state index contributed by atoms with van der Waals surface area (Å²) in [7, 11) is 0. The van der Waals surface area contributed by atoms with E-state index in [4.69, 9.17) is 5.11 Å². The van der Waals surface area contributed by atoms with Crippen LogP contribution in [0.15, 0.2) is 0 Å². The van der Waals surface area contributed by atoms with Crippen LogP contribution in [0.1, 0.15) is 52.4 Å². The average Bonchev–Trinajstić information content (AvgIpc) is 2.03. The molecule has 1 atom stereocenters. The van der Waals surface area contributed by atoms with E-state index in [-0.39, 0.29) is 35.5 Å². The van der Waals surface area contributed by atoms with Crippen molar-refractivity contribution in [1.29, 1.82) is 0 Å². The van der Waals surface area contributed by atoms with Gasteiger partial charge in [-0.05, 0) is 12.8 Å². The molecule has 0 saturated carbocycles. The molecule has 74 valence electrons. The maximum absolute atomic E-state index is 10.7. The monoisotopic (exact) mass is 196 g/mol. The van der Waals surface area contributed by atoms with Crippen LogP contribution in [0.4, 0.5) is 0 Å². The van der Waals surface area contributed by atoms with Crippen molar-refractivity contribution in [3.63, 3.8) is 0 Å². The first-order valence-electron chi connectivity index (χ1n) is 4.95. The molecule has 0 rings (SSSR count). The summed E-state index contributed by atoms with van der Waals surface area (Å²) < 4.78 is 0. The second-order valence-electron chi connectivity index (χ2n) is 3.32. The first-order valence-corrected chi connectivity index (χ1v) is 4.95. The van der Waals surface area contributed by atoms with Gasteiger partial charge in [-0.15, -0.1) is 0 Å². The second-order valence-corrected chi connectivity index (χ2v) is 3.32. The molecule has 0 bridgehead atoms. The topological polar surface area (TPSA) is 37.3 Å². The quantitative estimate of drug-likeness (QED) is 0.501. The number of hydrogen-bond donors (Lipinski definition) is 1. The molecule has 0 radical (unpaired) electrons. The van der Waals surface area contributed by atoms with Crippen LogP contribution in [0.5, 0.6) is 0 Å². The zero-order valence-corrected chi connectivity index (χ0v) is 8.18. The van der Waals surface area contributed by atoms with Gasteiger partial charge in [0.05, 0.1) is 5.92 Å². The molecule has 0 fully saturated rings. The van der Waals surface area contributed by atoms with E-state index in [0.717, 1.165) is 32.1 Å². The van der Waals surface area contributed by atoms with Crippen LogP contribution in [0, 0.1) is 5.92 Å². The molecule has 1 N–H and O–H groups in total. The number of carboxylic acids is 1. The van der Waals surface area contributed by atoms with Gasteiger partial charge in [-0.2, -0.15) is 0 Å². The van der Waals surface area contributed by atoms with Crippen molar-refractivity contribution in [2.45, 2.75) is 52.4 Å². The minimum atomic E-state index is -0.618. The van der Waals surface area contributed by atoms with Crippen molar-refractivity contribution in [1.82, 2.24) is 0 Å². The van der Waals surface area contributed by atoms with Crippen LogP contribution in [-0.2, 0) is 4.79 Å². The molecule has 0 heterocycles. The Kier molecular flexibility index (Phi) is 12.9. The van der Waals surface area contributed by atoms with E-state index < -0.39 is 5.97 Å². The Hall–Kier alpha value is 0.470. The third-order valence-electron chi connectivity index (χ3n) is 2.14. The van der Waals surface area contributed by atoms with Crippen molar-refractivity contribution >= 4 is 35.5 Å². The van der Waals surface area contributed by atoms with Crippen LogP contribution in [0.2, 0.25) is 0 Å². The van der Waals surface area contributed by atoms with Gasteiger partial charge in [-0.25, -0.2) is 0 Å². The maximum atomic E-state index is 10.7. The van der Waals surface area contributed by atoms with Gasteiger partial charge >= 0.3 is 35.5 Å². The second kappa shape index (κ2) is 10.6. The summed E-state index contributed by atoms with van der Waals surface area (Å²) in [6, 6.07) is 0. The summed E-state index contributed by atoms with van der Waals surface area (Å²) >= 11 is 0. The minimum absolute atomic E-state index is 0. The summed E-state index contributed by atoms with van der Waals surface area (Å²) in [5.74, 6) is -0.713. The van der Waals surface area contributed by atoms with Crippen LogP contribution in [0.3, 0.4) is 0 Å². The fraction of sp³-hybridized carbons (Fsp3) is 0.900. The predicted molar refractivity (Wildman–Crippen MR) is 57.3 cm³/mol. The van der Waals surface area contributed by atoms with Crippen LogP contribution < -0.4 is 0 Å². The number of unbranched alkanes of at least 4 members (excludes halogenated alkanes) is 2. The summed E-state index contributed by atoms with van der Waals surface area (Å²) in [4.78, 5) is 10.7. The van der Waals surface area contributed by atoms with Crippen LogP contribution in [-0.4, -0.2) is 40.6 Å². The van der Waals surface area contributed by atoms with Crippen molar-refractivity contribution in [3.05, 3.63) is 0 Å². The summed E-state index contributed by atoms with van der Waals surface area (Å²) in [5, 5.41) is 8.80. The Morgan fingerprint density at radius 3 is 2.15 bits per heavy atom. The predicted octanol–water partition coefficient (Wildman–Crippen LogP) is 2.42. The van der Waals surface area contributed by atoms with Gasteiger partial charge in [0.1, 0.15) is 0 Å². The zero-order valence-electron chi connectivity index (χ0n) is 8.18. The van der Waals surface area contributed by atoms with Gasteiger partial charge in [-0.3, -0.25) is 4.79 Å². The van der Waals surface area contributed by atoms with E-state index in [0.29, 0.717) is 0 Å². The van der Waals surface area contributed by atoms with Crippen molar-refractivity contribution in [3.8, 4) is 0 Å². The number of aliphatic carboxylic acids is 1. The standard InChI is InChI=1S/C10H20O2.Na.H/c1-3-5-6-8-9(7-4-2)10(11)12;;/h9H,3-8H2,1-2H3,(H,11,12);;. The Balaban J connectivity index is 0. The molecule has 2 nitrogen and oxygen atoms in total. The van der Waals surface area contributed by atoms with Gasteiger partial charge < -0.3 is 5.11 Å². The molecule has 13 heavy (non-hydrogen) atoms. The molecule has 0 saturated heterocycles. The van der Waals surface area contributed by atoms with E-state index in [9.17, 15) is 4.79 Å². The molecule has 1 unspecified atom stereocenters. The summed E-state index contributed by atoms with van der Waals surface area (Å²) in [5.41, 5.74) is 0. The van der Waals surface area contributed by atoms with Gasteiger partial charge in [0.25, 0.3) is 0 Å². The van der Waals surface area contributed by atoms with E-state index in [1.54, 1.807) is 0 Å². The van der Waals surface area contributed by atoms with Crippen molar-refractivity contribution in [2.24, 2.45) is 5.92 Å². The Bertz CT molecular complexity index is 126. The molecule has 0 aliphatic heterocycles. The van der Waals surface area contributed by atoms with Gasteiger partial charge in [0.15, 0.2) is 0 Å². The normalized spacial score (nSPS) is 11.8. The number of rotatable bonds is 7. The number of carboxylic acid groups (broad SMARTS) is 1. The van der Waals surface area contributed by atoms with E-state index in [1.807, 2.05) is 6.92 Å². The number of hydrogen-bond acceptors (Lipinski definition) is 1. The molecule has 0 amide bonds. The number of carbonyl (C=O) groups is 1. The molecule has 0 aromatic heterocycles. The first kappa shape index (κ1) is 15.9. The van der Waals surface area contributed by atoms with Crippen LogP contribution >= 0.6 is 0 Å². The van der Waals surface area contributed by atoms with Gasteiger partial charge in [0.2, 0.25) is 0 Å². The van der Waals surface area contributed by atoms with Crippen LogP contribution in [0.25, 0.3) is 0 Å². The average molecular weight is 196 g/mol. The molecule has 0 aromatic rings. The van der Waals surface area contributed by atoms with Crippen molar-refractivity contribution < 1.29 is 9.90 Å². The molecule has 3 heteroatoms. The SMILES string of the molecule is CCCCCC(CCC)C(=O)O.[NaH]. The van der Waals surface area contributed by atoms with E-state index in [1.165, 1.54) is 6.42 Å². The van der Waals surface area contributed by atoms with E-state index >= 15 is 0 Å².